The maximum atomic E-state index is 11.4. The number of hydrogen-bond acceptors (Lipinski definition) is 7. The van der Waals surface area contributed by atoms with Crippen LogP contribution in [-0.4, -0.2) is 57.1 Å². The smallest absolute Gasteiger partial charge is 0.693 e. The van der Waals surface area contributed by atoms with E-state index < -0.39 is 40.4 Å². The van der Waals surface area contributed by atoms with Crippen molar-refractivity contribution >= 4 is 59.9 Å². The Morgan fingerprint density at radius 3 is 1.30 bits per heavy atom. The number of carboxylic acid groups (broad SMARTS) is 3. The van der Waals surface area contributed by atoms with E-state index in [2.05, 4.69) is 10.6 Å². The van der Waals surface area contributed by atoms with Crippen LogP contribution in [0.4, 0.5) is 11.4 Å². The first-order valence-electron chi connectivity index (χ1n) is 12.0. The first-order chi connectivity index (χ1) is 19.3. The molecule has 0 saturated heterocycles. The zero-order chi connectivity index (χ0) is 31.4. The molecule has 0 unspecified atom stereocenters. The first kappa shape index (κ1) is 44.3. The molecule has 2 aromatic rings. The maximum Gasteiger partial charge on any atom is -0.693 e. The minimum Gasteiger partial charge on any atom is -0.693 e. The molecule has 14 nitrogen and oxygen atoms in total. The van der Waals surface area contributed by atoms with Crippen molar-refractivity contribution in [3.8, 4) is 0 Å². The van der Waals surface area contributed by atoms with E-state index in [0.717, 1.165) is 17.5 Å². The van der Waals surface area contributed by atoms with Gasteiger partial charge in [0.05, 0.1) is 12.8 Å². The Morgan fingerprint density at radius 2 is 1.02 bits per heavy atom. The maximum absolute atomic E-state index is 11.4. The summed E-state index contributed by atoms with van der Waals surface area (Å²) in [5.74, 6) is -3.76. The predicted octanol–water partition coefficient (Wildman–Crippen LogP) is 4.63. The van der Waals surface area contributed by atoms with Crippen LogP contribution < -0.4 is 22.1 Å². The monoisotopic (exact) mass is 827 g/mol. The van der Waals surface area contributed by atoms with E-state index in [0.29, 0.717) is 11.4 Å². The van der Waals surface area contributed by atoms with Crippen LogP contribution in [0, 0.1) is 0 Å². The molecule has 0 radical (unpaired) electrons. The minimum absolute atomic E-state index is 0. The molecule has 0 aliphatic rings. The third kappa shape index (κ3) is 24.1. The van der Waals surface area contributed by atoms with Crippen LogP contribution in [0.15, 0.2) is 48.5 Å². The summed E-state index contributed by atoms with van der Waals surface area (Å²) in [5.41, 5.74) is 14.1. The average Bonchev–Trinajstić information content (AvgIpc) is 2.89. The SMILES string of the molecule is C[C@H](N)Cc1ccc(NC(=O)CCC(=O)O)cc1.N[C@H](Cc1ccc(NC(=O)CCC(=O)O)cc1)C(=O)O.[Cl][Pt+2][Cl].[NH2-].[NH2-]. The summed E-state index contributed by atoms with van der Waals surface area (Å²) in [5, 5.41) is 30.8. The molecule has 0 aromatic heterocycles. The van der Waals surface area contributed by atoms with E-state index in [1.807, 2.05) is 19.1 Å². The van der Waals surface area contributed by atoms with Crippen molar-refractivity contribution in [3.63, 3.8) is 0 Å². The molecule has 13 N–H and O–H groups in total. The largest absolute Gasteiger partial charge is 0.693 e. The van der Waals surface area contributed by atoms with Crippen LogP contribution in [0.2, 0.25) is 0 Å². The first-order valence-corrected chi connectivity index (χ1v) is 17.7. The Balaban J connectivity index is -0.000000656. The molecule has 0 aliphatic carbocycles. The number of benzene rings is 2. The van der Waals surface area contributed by atoms with Gasteiger partial charge in [-0.3, -0.25) is 24.0 Å². The van der Waals surface area contributed by atoms with Crippen LogP contribution in [0.5, 0.6) is 0 Å². The van der Waals surface area contributed by atoms with Gasteiger partial charge in [0.1, 0.15) is 6.04 Å². The van der Waals surface area contributed by atoms with Crippen LogP contribution in [0.1, 0.15) is 43.7 Å². The molecule has 0 bridgehead atoms. The molecule has 2 aromatic carbocycles. The number of carbonyl (C=O) groups is 5. The number of nitrogens with one attached hydrogen (secondary N) is 2. The quantitative estimate of drug-likeness (QED) is 0.147. The third-order valence-electron chi connectivity index (χ3n) is 4.94. The molecule has 17 heteroatoms. The van der Waals surface area contributed by atoms with Crippen molar-refractivity contribution in [1.29, 1.82) is 0 Å². The van der Waals surface area contributed by atoms with E-state index in [1.54, 1.807) is 36.4 Å². The van der Waals surface area contributed by atoms with Gasteiger partial charge in [-0.1, -0.05) is 24.3 Å². The van der Waals surface area contributed by atoms with Gasteiger partial charge in [0.25, 0.3) is 0 Å². The van der Waals surface area contributed by atoms with Crippen LogP contribution in [-0.2, 0) is 53.3 Å². The number of anilines is 2. The topological polar surface area (TPSA) is 289 Å². The second-order valence-corrected chi connectivity index (χ2v) is 11.9. The zero-order valence-corrected chi connectivity index (χ0v) is 27.1. The van der Waals surface area contributed by atoms with Gasteiger partial charge in [-0.05, 0) is 55.2 Å². The summed E-state index contributed by atoms with van der Waals surface area (Å²) in [7, 11) is 9.75. The molecule has 0 saturated carbocycles. The average molecular weight is 829 g/mol. The molecular weight excluding hydrogens is 790 g/mol. The second-order valence-electron chi connectivity index (χ2n) is 8.65. The number of amides is 2. The van der Waals surface area contributed by atoms with Crippen molar-refractivity contribution in [2.75, 3.05) is 10.6 Å². The van der Waals surface area contributed by atoms with Gasteiger partial charge < -0.3 is 49.7 Å². The summed E-state index contributed by atoms with van der Waals surface area (Å²) in [4.78, 5) is 54.0. The fourth-order valence-corrected chi connectivity index (χ4v) is 3.05. The Kier molecular flexibility index (Phi) is 26.2. The van der Waals surface area contributed by atoms with Crippen LogP contribution >= 0.6 is 18.8 Å². The summed E-state index contributed by atoms with van der Waals surface area (Å²) in [6.45, 7) is 1.93. The standard InChI is InChI=1S/C13H16N2O5.C13H18N2O3.2ClH.2H2N.Pt/c14-10(13(19)20)7-8-1-3-9(4-2-8)15-11(16)5-6-12(17)18;1-9(14)8-10-2-4-11(5-3-10)15-12(16)6-7-13(17)18;;;;;/h1-4,10H,5-7,14H2,(H,15,16)(H,17,18)(H,19,20);2-5,9H,6-8,14H2,1H3,(H,15,16)(H,17,18);2*1H;2*1H2;/q;;;;2*-1;+4/p-2/t10-;9-;;;;;/m10...../s1. The van der Waals surface area contributed by atoms with E-state index in [1.165, 1.54) is 0 Å². The summed E-state index contributed by atoms with van der Waals surface area (Å²) in [6.07, 6.45) is 0.486. The Labute approximate surface area is 266 Å². The fraction of sp³-hybridized carbons (Fsp3) is 0.346. The summed E-state index contributed by atoms with van der Waals surface area (Å²) >= 11 is -0.472. The Bertz CT molecular complexity index is 1130. The van der Waals surface area contributed by atoms with Crippen molar-refractivity contribution in [1.82, 2.24) is 0 Å². The van der Waals surface area contributed by atoms with Gasteiger partial charge in [-0.2, -0.15) is 0 Å². The number of carboxylic acids is 3. The number of carbonyl (C=O) groups excluding carboxylic acids is 2. The predicted molar refractivity (Wildman–Crippen MR) is 163 cm³/mol. The molecule has 2 rings (SSSR count). The molecule has 2 atom stereocenters. The van der Waals surface area contributed by atoms with Crippen molar-refractivity contribution in [3.05, 3.63) is 72.0 Å². The van der Waals surface area contributed by atoms with Crippen molar-refractivity contribution < 1.29 is 55.8 Å². The van der Waals surface area contributed by atoms with E-state index in [-0.39, 0.29) is 62.3 Å². The second kappa shape index (κ2) is 25.4. The number of aliphatic carboxylic acids is 3. The molecule has 0 aliphatic heterocycles. The van der Waals surface area contributed by atoms with Gasteiger partial charge in [0, 0.05) is 30.3 Å². The molecule has 0 heterocycles. The van der Waals surface area contributed by atoms with Crippen LogP contribution in [0.25, 0.3) is 12.3 Å². The van der Waals surface area contributed by atoms with Gasteiger partial charge in [-0.25, -0.2) is 0 Å². The molecule has 43 heavy (non-hydrogen) atoms. The third-order valence-corrected chi connectivity index (χ3v) is 4.94. The molecule has 2 amide bonds. The molecule has 244 valence electrons. The Hall–Kier alpha value is -3.10. The zero-order valence-electron chi connectivity index (χ0n) is 23.3. The van der Waals surface area contributed by atoms with Gasteiger partial charge in [0.2, 0.25) is 11.8 Å². The van der Waals surface area contributed by atoms with E-state index in [4.69, 9.17) is 45.6 Å². The summed E-state index contributed by atoms with van der Waals surface area (Å²) in [6, 6.07) is 13.1. The van der Waals surface area contributed by atoms with Gasteiger partial charge in [0.15, 0.2) is 0 Å². The normalized spacial score (nSPS) is 10.9. The number of rotatable bonds is 13. The van der Waals surface area contributed by atoms with Gasteiger partial charge in [-0.15, -0.1) is 0 Å². The molecular formula is C26H38Cl2N6O8Pt. The van der Waals surface area contributed by atoms with Crippen molar-refractivity contribution in [2.45, 2.75) is 57.5 Å². The van der Waals surface area contributed by atoms with Crippen molar-refractivity contribution in [2.24, 2.45) is 11.5 Å². The van der Waals surface area contributed by atoms with E-state index >= 15 is 0 Å². The Morgan fingerprint density at radius 1 is 0.698 bits per heavy atom. The minimum atomic E-state index is -1.07. The molecule has 0 spiro atoms. The van der Waals surface area contributed by atoms with Crippen LogP contribution in [0.3, 0.4) is 0 Å². The fourth-order valence-electron chi connectivity index (χ4n) is 3.05. The number of hydrogen-bond donors (Lipinski definition) is 7. The number of halogens is 2. The number of nitrogens with two attached hydrogens (primary N) is 4. The van der Waals surface area contributed by atoms with Gasteiger partial charge >= 0.3 is 53.2 Å². The molecule has 0 fully saturated rings. The summed E-state index contributed by atoms with van der Waals surface area (Å²) < 4.78 is 0. The van der Waals surface area contributed by atoms with E-state index in [9.17, 15) is 24.0 Å².